The van der Waals surface area contributed by atoms with Crippen LogP contribution in [0.1, 0.15) is 72.1 Å². The maximum atomic E-state index is 13.8. The second-order valence-electron chi connectivity index (χ2n) is 6.98. The first kappa shape index (κ1) is 25.8. The van der Waals surface area contributed by atoms with E-state index >= 15 is 0 Å². The van der Waals surface area contributed by atoms with Gasteiger partial charge in [0.15, 0.2) is 5.41 Å². The summed E-state index contributed by atoms with van der Waals surface area (Å²) in [6.45, 7) is 5.04. The smallest absolute Gasteiger partial charge is 0.329 e. The first-order chi connectivity index (χ1) is 14.2. The molecule has 0 aromatic heterocycles. The second kappa shape index (κ2) is 11.9. The van der Waals surface area contributed by atoms with Crippen LogP contribution in [0, 0.1) is 34.5 Å². The van der Waals surface area contributed by atoms with Gasteiger partial charge in [0, 0.05) is 0 Å². The van der Waals surface area contributed by atoms with E-state index in [1.54, 1.807) is 0 Å². The third kappa shape index (κ3) is 5.70. The summed E-state index contributed by atoms with van der Waals surface area (Å²) in [5.41, 5.74) is -1.93. The lowest BCUT2D eigenvalue weighted by molar-refractivity contribution is -0.168. The predicted octanol–water partition coefficient (Wildman–Crippen LogP) is 6.00. The largest absolute Gasteiger partial charge is 0.465 e. The summed E-state index contributed by atoms with van der Waals surface area (Å²) in [5.74, 6) is -15.6. The first-order valence-corrected chi connectivity index (χ1v) is 10.1. The number of hydrogen-bond donors (Lipinski definition) is 0. The molecular formula is C21H27F5O4. The standard InChI is InChI=1S/C21H27F5O4/c1-4-7-8-9-10-11-12-29-19(27)21(5-2,6-3)20(28)30-18-16(25)14(23)13(22)15(24)17(18)26/h4-12H2,1-3H3. The zero-order valence-electron chi connectivity index (χ0n) is 17.4. The summed E-state index contributed by atoms with van der Waals surface area (Å²) in [7, 11) is 0. The molecule has 1 aromatic carbocycles. The van der Waals surface area contributed by atoms with E-state index in [9.17, 15) is 31.5 Å². The third-order valence-corrected chi connectivity index (χ3v) is 5.08. The minimum absolute atomic E-state index is 0.0442. The Balaban J connectivity index is 2.91. The number of carbonyl (C=O) groups excluding carboxylic acids is 2. The van der Waals surface area contributed by atoms with Crippen LogP contribution in [0.5, 0.6) is 5.75 Å². The summed E-state index contributed by atoms with van der Waals surface area (Å²) >= 11 is 0. The quantitative estimate of drug-likeness (QED) is 0.0764. The van der Waals surface area contributed by atoms with Gasteiger partial charge < -0.3 is 9.47 Å². The van der Waals surface area contributed by atoms with E-state index < -0.39 is 52.2 Å². The number of esters is 2. The molecule has 0 heterocycles. The van der Waals surface area contributed by atoms with Crippen LogP contribution in [0.4, 0.5) is 22.0 Å². The highest BCUT2D eigenvalue weighted by atomic mass is 19.2. The van der Waals surface area contributed by atoms with Crippen LogP contribution in [0.3, 0.4) is 0 Å². The molecule has 0 fully saturated rings. The normalized spacial score (nSPS) is 11.5. The number of carbonyl (C=O) groups is 2. The Morgan fingerprint density at radius 1 is 0.700 bits per heavy atom. The Kier molecular flexibility index (Phi) is 10.2. The Morgan fingerprint density at radius 3 is 1.67 bits per heavy atom. The number of halogens is 5. The van der Waals surface area contributed by atoms with E-state index in [1.165, 1.54) is 13.8 Å². The predicted molar refractivity (Wildman–Crippen MR) is 99.2 cm³/mol. The van der Waals surface area contributed by atoms with Gasteiger partial charge in [0.05, 0.1) is 6.61 Å². The van der Waals surface area contributed by atoms with Gasteiger partial charge in [0.1, 0.15) is 0 Å². The van der Waals surface area contributed by atoms with Gasteiger partial charge in [-0.3, -0.25) is 9.59 Å². The molecule has 0 aliphatic carbocycles. The number of unbranched alkanes of at least 4 members (excludes halogenated alkanes) is 5. The molecule has 0 bridgehead atoms. The third-order valence-electron chi connectivity index (χ3n) is 5.08. The maximum absolute atomic E-state index is 13.8. The van der Waals surface area contributed by atoms with Crippen molar-refractivity contribution >= 4 is 11.9 Å². The highest BCUT2D eigenvalue weighted by molar-refractivity contribution is 6.00. The average molecular weight is 438 g/mol. The average Bonchev–Trinajstić information content (AvgIpc) is 2.74. The summed E-state index contributed by atoms with van der Waals surface area (Å²) in [4.78, 5) is 25.1. The minimum atomic E-state index is -2.37. The van der Waals surface area contributed by atoms with Gasteiger partial charge >= 0.3 is 11.9 Å². The van der Waals surface area contributed by atoms with Crippen molar-refractivity contribution in [3.05, 3.63) is 29.1 Å². The molecule has 1 aromatic rings. The SMILES string of the molecule is CCCCCCCCOC(=O)C(CC)(CC)C(=O)Oc1c(F)c(F)c(F)c(F)c1F. The molecule has 0 unspecified atom stereocenters. The number of benzene rings is 1. The Labute approximate surface area is 172 Å². The van der Waals surface area contributed by atoms with Crippen molar-refractivity contribution < 1.29 is 41.0 Å². The molecule has 0 aliphatic heterocycles. The van der Waals surface area contributed by atoms with Crippen LogP contribution in [0.25, 0.3) is 0 Å². The number of ether oxygens (including phenoxy) is 2. The highest BCUT2D eigenvalue weighted by Gasteiger charge is 2.47. The van der Waals surface area contributed by atoms with Crippen molar-refractivity contribution in [2.24, 2.45) is 5.41 Å². The highest BCUT2D eigenvalue weighted by Crippen LogP contribution is 2.34. The maximum Gasteiger partial charge on any atom is 0.329 e. The fourth-order valence-corrected chi connectivity index (χ4v) is 2.96. The topological polar surface area (TPSA) is 52.6 Å². The summed E-state index contributed by atoms with van der Waals surface area (Å²) < 4.78 is 77.1. The van der Waals surface area contributed by atoms with E-state index in [2.05, 4.69) is 11.7 Å². The molecule has 9 heteroatoms. The van der Waals surface area contributed by atoms with E-state index in [0.29, 0.717) is 6.42 Å². The monoisotopic (exact) mass is 438 g/mol. The minimum Gasteiger partial charge on any atom is -0.465 e. The Bertz CT molecular complexity index is 718. The molecule has 30 heavy (non-hydrogen) atoms. The van der Waals surface area contributed by atoms with Crippen molar-refractivity contribution in [2.45, 2.75) is 72.1 Å². The molecule has 0 aliphatic rings. The van der Waals surface area contributed by atoms with E-state index in [-0.39, 0.29) is 19.4 Å². The van der Waals surface area contributed by atoms with Crippen LogP contribution < -0.4 is 4.74 Å². The Morgan fingerprint density at radius 2 is 1.17 bits per heavy atom. The molecule has 0 N–H and O–H groups in total. The lowest BCUT2D eigenvalue weighted by Gasteiger charge is -2.27. The van der Waals surface area contributed by atoms with Gasteiger partial charge in [-0.25, -0.2) is 13.2 Å². The molecule has 1 rings (SSSR count). The van der Waals surface area contributed by atoms with Gasteiger partial charge in [-0.1, -0.05) is 52.9 Å². The molecule has 0 saturated heterocycles. The molecule has 0 atom stereocenters. The van der Waals surface area contributed by atoms with Crippen molar-refractivity contribution in [2.75, 3.05) is 6.61 Å². The summed E-state index contributed by atoms with van der Waals surface area (Å²) in [6, 6.07) is 0. The molecule has 4 nitrogen and oxygen atoms in total. The van der Waals surface area contributed by atoms with Gasteiger partial charge in [-0.05, 0) is 19.3 Å². The van der Waals surface area contributed by atoms with Crippen LogP contribution in [-0.4, -0.2) is 18.5 Å². The van der Waals surface area contributed by atoms with Crippen molar-refractivity contribution in [3.63, 3.8) is 0 Å². The molecule has 0 radical (unpaired) electrons. The van der Waals surface area contributed by atoms with Gasteiger partial charge in [0.25, 0.3) is 0 Å². The van der Waals surface area contributed by atoms with Gasteiger partial charge in [-0.15, -0.1) is 0 Å². The van der Waals surface area contributed by atoms with Crippen LogP contribution in [0.15, 0.2) is 0 Å². The van der Waals surface area contributed by atoms with E-state index in [1.807, 2.05) is 0 Å². The van der Waals surface area contributed by atoms with E-state index in [4.69, 9.17) is 4.74 Å². The van der Waals surface area contributed by atoms with Crippen LogP contribution >= 0.6 is 0 Å². The van der Waals surface area contributed by atoms with Crippen molar-refractivity contribution in [1.82, 2.24) is 0 Å². The molecule has 170 valence electrons. The van der Waals surface area contributed by atoms with Crippen LogP contribution in [-0.2, 0) is 14.3 Å². The molecule has 0 amide bonds. The van der Waals surface area contributed by atoms with Crippen LogP contribution in [0.2, 0.25) is 0 Å². The zero-order valence-corrected chi connectivity index (χ0v) is 17.4. The number of hydrogen-bond acceptors (Lipinski definition) is 4. The van der Waals surface area contributed by atoms with Gasteiger partial charge in [0.2, 0.25) is 34.8 Å². The lowest BCUT2D eigenvalue weighted by atomic mass is 9.82. The first-order valence-electron chi connectivity index (χ1n) is 10.1. The zero-order chi connectivity index (χ0) is 22.9. The number of rotatable bonds is 12. The molecule has 0 spiro atoms. The van der Waals surface area contributed by atoms with Crippen molar-refractivity contribution in [1.29, 1.82) is 0 Å². The summed E-state index contributed by atoms with van der Waals surface area (Å²) in [5, 5.41) is 0. The summed E-state index contributed by atoms with van der Waals surface area (Å²) in [6.07, 6.45) is 5.35. The van der Waals surface area contributed by atoms with Crippen molar-refractivity contribution in [3.8, 4) is 5.75 Å². The molecule has 0 saturated carbocycles. The second-order valence-corrected chi connectivity index (χ2v) is 6.98. The lowest BCUT2D eigenvalue weighted by Crippen LogP contribution is -2.43. The molecular weight excluding hydrogens is 411 g/mol. The fraction of sp³-hybridized carbons (Fsp3) is 0.619. The van der Waals surface area contributed by atoms with E-state index in [0.717, 1.165) is 32.1 Å². The van der Waals surface area contributed by atoms with Gasteiger partial charge in [-0.2, -0.15) is 8.78 Å². The Hall–Kier alpha value is -2.19. The fourth-order valence-electron chi connectivity index (χ4n) is 2.96.